The van der Waals surface area contributed by atoms with Crippen LogP contribution in [0.4, 0.5) is 5.69 Å². The number of nitrogens with zero attached hydrogens (tertiary/aromatic N) is 4. The average Bonchev–Trinajstić information content (AvgIpc) is 3.16. The maximum absolute atomic E-state index is 12.4. The fourth-order valence-electron chi connectivity index (χ4n) is 2.52. The first kappa shape index (κ1) is 17.3. The van der Waals surface area contributed by atoms with E-state index in [-0.39, 0.29) is 18.1 Å². The van der Waals surface area contributed by atoms with Gasteiger partial charge in [0.05, 0.1) is 19.2 Å². The molecule has 1 amide bonds. The summed E-state index contributed by atoms with van der Waals surface area (Å²) >= 11 is 0. The van der Waals surface area contributed by atoms with Crippen molar-refractivity contribution in [3.05, 3.63) is 59.9 Å². The van der Waals surface area contributed by atoms with E-state index in [9.17, 15) is 9.59 Å². The van der Waals surface area contributed by atoms with Gasteiger partial charge in [-0.05, 0) is 53.7 Å². The molecule has 1 N–H and O–H groups in total. The summed E-state index contributed by atoms with van der Waals surface area (Å²) in [7, 11) is 1.53. The van der Waals surface area contributed by atoms with Gasteiger partial charge in [-0.25, -0.2) is 4.68 Å². The van der Waals surface area contributed by atoms with Gasteiger partial charge in [0, 0.05) is 16.8 Å². The van der Waals surface area contributed by atoms with Gasteiger partial charge in [0.2, 0.25) is 5.91 Å². The SMILES string of the molecule is COc1ccc(C(C)=O)cc1CC(=O)Nc1cccc(-n2cnnn2)c1. The number of ether oxygens (including phenoxy) is 1. The second-order valence-corrected chi connectivity index (χ2v) is 5.61. The van der Waals surface area contributed by atoms with Crippen molar-refractivity contribution >= 4 is 17.4 Å². The topological polar surface area (TPSA) is 99.0 Å². The molecule has 26 heavy (non-hydrogen) atoms. The third kappa shape index (κ3) is 3.92. The van der Waals surface area contributed by atoms with Gasteiger partial charge in [-0.3, -0.25) is 9.59 Å². The molecule has 3 rings (SSSR count). The van der Waals surface area contributed by atoms with Crippen molar-refractivity contribution in [2.24, 2.45) is 0 Å². The normalized spacial score (nSPS) is 10.4. The highest BCUT2D eigenvalue weighted by Crippen LogP contribution is 2.22. The molecule has 0 saturated carbocycles. The van der Waals surface area contributed by atoms with E-state index in [2.05, 4.69) is 20.8 Å². The van der Waals surface area contributed by atoms with Gasteiger partial charge in [-0.15, -0.1) is 5.10 Å². The lowest BCUT2D eigenvalue weighted by Crippen LogP contribution is -2.15. The summed E-state index contributed by atoms with van der Waals surface area (Å²) in [6, 6.07) is 12.2. The van der Waals surface area contributed by atoms with Crippen LogP contribution in [0, 0.1) is 0 Å². The predicted octanol–water partition coefficient (Wildman–Crippen LogP) is 2.05. The van der Waals surface area contributed by atoms with Gasteiger partial charge < -0.3 is 10.1 Å². The van der Waals surface area contributed by atoms with Gasteiger partial charge in [-0.2, -0.15) is 0 Å². The van der Waals surface area contributed by atoms with E-state index in [4.69, 9.17) is 4.74 Å². The lowest BCUT2D eigenvalue weighted by Gasteiger charge is -2.11. The van der Waals surface area contributed by atoms with Crippen LogP contribution in [0.1, 0.15) is 22.8 Å². The van der Waals surface area contributed by atoms with Crippen LogP contribution in [0.2, 0.25) is 0 Å². The van der Waals surface area contributed by atoms with Crippen LogP contribution in [0.3, 0.4) is 0 Å². The fourth-order valence-corrected chi connectivity index (χ4v) is 2.52. The number of anilines is 1. The molecule has 0 unspecified atom stereocenters. The number of ketones is 1. The van der Waals surface area contributed by atoms with Gasteiger partial charge in [0.1, 0.15) is 12.1 Å². The molecule has 0 radical (unpaired) electrons. The molecule has 0 aliphatic heterocycles. The summed E-state index contributed by atoms with van der Waals surface area (Å²) < 4.78 is 6.78. The van der Waals surface area contributed by atoms with Crippen LogP contribution in [0.15, 0.2) is 48.8 Å². The van der Waals surface area contributed by atoms with E-state index in [0.29, 0.717) is 22.6 Å². The Morgan fingerprint density at radius 3 is 2.73 bits per heavy atom. The zero-order valence-electron chi connectivity index (χ0n) is 14.3. The molecule has 2 aromatic carbocycles. The number of aromatic nitrogens is 4. The fraction of sp³-hybridized carbons (Fsp3) is 0.167. The minimum atomic E-state index is -0.224. The van der Waals surface area contributed by atoms with E-state index >= 15 is 0 Å². The summed E-state index contributed by atoms with van der Waals surface area (Å²) in [4.78, 5) is 24.0. The molecule has 0 saturated heterocycles. The number of Topliss-reactive ketones (excluding diaryl/α,β-unsaturated/α-hetero) is 1. The third-order valence-corrected chi connectivity index (χ3v) is 3.78. The van der Waals surface area contributed by atoms with E-state index in [1.54, 1.807) is 36.4 Å². The highest BCUT2D eigenvalue weighted by molar-refractivity contribution is 5.96. The lowest BCUT2D eigenvalue weighted by molar-refractivity contribution is -0.115. The number of methoxy groups -OCH3 is 1. The minimum Gasteiger partial charge on any atom is -0.496 e. The second-order valence-electron chi connectivity index (χ2n) is 5.61. The highest BCUT2D eigenvalue weighted by Gasteiger charge is 2.12. The van der Waals surface area contributed by atoms with Crippen molar-refractivity contribution in [2.45, 2.75) is 13.3 Å². The number of nitrogens with one attached hydrogen (secondary N) is 1. The van der Waals surface area contributed by atoms with Crippen molar-refractivity contribution < 1.29 is 14.3 Å². The summed E-state index contributed by atoms with van der Waals surface area (Å²) in [5.74, 6) is 0.272. The first-order chi connectivity index (χ1) is 12.6. The van der Waals surface area contributed by atoms with Gasteiger partial charge in [0.15, 0.2) is 5.78 Å². The van der Waals surface area contributed by atoms with Gasteiger partial charge >= 0.3 is 0 Å². The standard InChI is InChI=1S/C18H17N5O3/c1-12(24)13-6-7-17(26-2)14(8-13)9-18(25)20-15-4-3-5-16(10-15)23-11-19-21-22-23/h3-8,10-11H,9H2,1-2H3,(H,20,25). The molecule has 8 nitrogen and oxygen atoms in total. The molecule has 0 atom stereocenters. The molecule has 0 aliphatic carbocycles. The van der Waals surface area contributed by atoms with Crippen molar-refractivity contribution in [1.82, 2.24) is 20.2 Å². The Balaban J connectivity index is 1.76. The van der Waals surface area contributed by atoms with E-state index in [1.807, 2.05) is 6.07 Å². The molecule has 8 heteroatoms. The monoisotopic (exact) mass is 351 g/mol. The molecule has 1 heterocycles. The third-order valence-electron chi connectivity index (χ3n) is 3.78. The number of hydrogen-bond acceptors (Lipinski definition) is 6. The van der Waals surface area contributed by atoms with Crippen LogP contribution in [0.5, 0.6) is 5.75 Å². The van der Waals surface area contributed by atoms with Gasteiger partial charge in [0.25, 0.3) is 0 Å². The predicted molar refractivity (Wildman–Crippen MR) is 94.5 cm³/mol. The summed E-state index contributed by atoms with van der Waals surface area (Å²) in [6.45, 7) is 1.48. The number of amides is 1. The molecular weight excluding hydrogens is 334 g/mol. The van der Waals surface area contributed by atoms with E-state index in [1.165, 1.54) is 25.0 Å². The number of carbonyl (C=O) groups excluding carboxylic acids is 2. The van der Waals surface area contributed by atoms with Crippen LogP contribution in [0.25, 0.3) is 5.69 Å². The Labute approximate surface area is 149 Å². The molecule has 1 aromatic heterocycles. The maximum Gasteiger partial charge on any atom is 0.228 e. The summed E-state index contributed by atoms with van der Waals surface area (Å²) in [6.07, 6.45) is 1.55. The van der Waals surface area contributed by atoms with Crippen LogP contribution in [-0.2, 0) is 11.2 Å². The zero-order valence-corrected chi connectivity index (χ0v) is 14.3. The Hall–Kier alpha value is -3.55. The number of benzene rings is 2. The van der Waals surface area contributed by atoms with E-state index in [0.717, 1.165) is 5.69 Å². The molecule has 0 bridgehead atoms. The molecule has 0 fully saturated rings. The Bertz CT molecular complexity index is 938. The Kier molecular flexibility index (Phi) is 5.02. The highest BCUT2D eigenvalue weighted by atomic mass is 16.5. The number of tetrazole rings is 1. The van der Waals surface area contributed by atoms with Crippen LogP contribution >= 0.6 is 0 Å². The zero-order chi connectivity index (χ0) is 18.5. The molecule has 3 aromatic rings. The minimum absolute atomic E-state index is 0.0662. The quantitative estimate of drug-likeness (QED) is 0.683. The second kappa shape index (κ2) is 7.56. The Morgan fingerprint density at radius 1 is 1.19 bits per heavy atom. The summed E-state index contributed by atoms with van der Waals surface area (Å²) in [5, 5.41) is 13.8. The Morgan fingerprint density at radius 2 is 2.04 bits per heavy atom. The van der Waals surface area contributed by atoms with Crippen LogP contribution < -0.4 is 10.1 Å². The van der Waals surface area contributed by atoms with Crippen molar-refractivity contribution in [3.8, 4) is 11.4 Å². The molecule has 0 spiro atoms. The van der Waals surface area contributed by atoms with E-state index < -0.39 is 0 Å². The van der Waals surface area contributed by atoms with Crippen LogP contribution in [-0.4, -0.2) is 39.0 Å². The van der Waals surface area contributed by atoms with Crippen molar-refractivity contribution in [2.75, 3.05) is 12.4 Å². The molecular formula is C18H17N5O3. The first-order valence-corrected chi connectivity index (χ1v) is 7.88. The summed E-state index contributed by atoms with van der Waals surface area (Å²) in [5.41, 5.74) is 2.53. The number of hydrogen-bond donors (Lipinski definition) is 1. The average molecular weight is 351 g/mol. The number of carbonyl (C=O) groups is 2. The largest absolute Gasteiger partial charge is 0.496 e. The van der Waals surface area contributed by atoms with Gasteiger partial charge in [-0.1, -0.05) is 6.07 Å². The molecule has 132 valence electrons. The first-order valence-electron chi connectivity index (χ1n) is 7.88. The smallest absolute Gasteiger partial charge is 0.228 e. The lowest BCUT2D eigenvalue weighted by atomic mass is 10.0. The van der Waals surface area contributed by atoms with Crippen molar-refractivity contribution in [3.63, 3.8) is 0 Å². The molecule has 0 aliphatic rings. The maximum atomic E-state index is 12.4. The number of rotatable bonds is 6. The van der Waals surface area contributed by atoms with Crippen molar-refractivity contribution in [1.29, 1.82) is 0 Å².